The predicted molar refractivity (Wildman–Crippen MR) is 131 cm³/mol. The zero-order chi connectivity index (χ0) is 25.2. The highest BCUT2D eigenvalue weighted by Gasteiger charge is 2.57. The van der Waals surface area contributed by atoms with Crippen molar-refractivity contribution in [1.29, 1.82) is 0 Å². The number of β-lactam (4-membered cyclic amide) rings is 1. The molecule has 2 unspecified atom stereocenters. The van der Waals surface area contributed by atoms with Crippen molar-refractivity contribution in [2.45, 2.75) is 29.2 Å². The van der Waals surface area contributed by atoms with Crippen LogP contribution in [0.4, 0.5) is 5.13 Å². The Kier molecular flexibility index (Phi) is 7.74. The number of anilines is 1. The lowest BCUT2D eigenvalue weighted by atomic mass is 9.89. The first-order chi connectivity index (χ1) is 16.8. The Hall–Kier alpha value is -2.54. The summed E-state index contributed by atoms with van der Waals surface area (Å²) in [5.41, 5.74) is 9.79. The Morgan fingerprint density at radius 1 is 1.43 bits per heavy atom. The van der Waals surface area contributed by atoms with E-state index in [1.807, 2.05) is 0 Å². The van der Waals surface area contributed by atoms with Crippen LogP contribution in [-0.4, -0.2) is 89.1 Å². The molecule has 0 bridgehead atoms. The molecular formula is C17H21N9O5S4. The monoisotopic (exact) mass is 559 g/mol. The molecule has 4 rings (SSSR count). The van der Waals surface area contributed by atoms with E-state index in [0.717, 1.165) is 11.5 Å². The van der Waals surface area contributed by atoms with E-state index in [0.29, 0.717) is 9.35 Å². The number of carbonyl (C=O) groups excluding carboxylic acids is 2. The number of hydrogen-bond donors (Lipinski definition) is 4. The average Bonchev–Trinajstić information content (AvgIpc) is 3.50. The normalized spacial score (nSPS) is 24.0. The molecule has 0 aliphatic carbocycles. The summed E-state index contributed by atoms with van der Waals surface area (Å²) in [5.74, 6) is -1.61. The average molecular weight is 560 g/mol. The summed E-state index contributed by atoms with van der Waals surface area (Å²) in [6.07, 6.45) is 0. The van der Waals surface area contributed by atoms with Gasteiger partial charge in [-0.3, -0.25) is 14.4 Å². The fourth-order valence-corrected chi connectivity index (χ4v) is 7.41. The minimum absolute atomic E-state index is 0.00485. The fraction of sp³-hybridized carbons (Fsp3) is 0.529. The molecule has 2 aromatic heterocycles. The number of nitrogen functional groups attached to an aromatic ring is 1. The molecule has 4 heterocycles. The first-order valence-corrected chi connectivity index (χ1v) is 13.8. The number of carboxylic acids is 1. The summed E-state index contributed by atoms with van der Waals surface area (Å²) < 4.78 is 4.60. The van der Waals surface area contributed by atoms with Crippen LogP contribution in [0.1, 0.15) is 17.8 Å². The van der Waals surface area contributed by atoms with E-state index in [-0.39, 0.29) is 53.8 Å². The third-order valence-electron chi connectivity index (χ3n) is 5.13. The Balaban J connectivity index is 1.42. The van der Waals surface area contributed by atoms with Gasteiger partial charge in [0.2, 0.25) is 17.4 Å². The number of carboxylic acid groups (broad SMARTS) is 1. The van der Waals surface area contributed by atoms with Gasteiger partial charge in [0.05, 0.1) is 0 Å². The number of nitrogens with zero attached hydrogens (tertiary/aromatic N) is 6. The smallest absolute Gasteiger partial charge is 0.313 e. The van der Waals surface area contributed by atoms with E-state index in [1.165, 1.54) is 39.8 Å². The van der Waals surface area contributed by atoms with Gasteiger partial charge in [-0.2, -0.15) is 9.36 Å². The van der Waals surface area contributed by atoms with Crippen molar-refractivity contribution in [2.24, 2.45) is 16.3 Å². The molecule has 0 aromatic carbocycles. The fourth-order valence-electron chi connectivity index (χ4n) is 3.34. The van der Waals surface area contributed by atoms with E-state index in [1.54, 1.807) is 6.92 Å². The van der Waals surface area contributed by atoms with Gasteiger partial charge in [0.25, 0.3) is 5.91 Å². The van der Waals surface area contributed by atoms with Crippen LogP contribution >= 0.6 is 46.4 Å². The molecule has 18 heteroatoms. The predicted octanol–water partition coefficient (Wildman–Crippen LogP) is -0.566. The molecular weight excluding hydrogens is 539 g/mol. The van der Waals surface area contributed by atoms with Crippen LogP contribution in [0.15, 0.2) is 9.50 Å². The summed E-state index contributed by atoms with van der Waals surface area (Å²) in [4.78, 5) is 48.4. The summed E-state index contributed by atoms with van der Waals surface area (Å²) in [5, 5.41) is 24.8. The van der Waals surface area contributed by atoms with E-state index in [2.05, 4.69) is 30.0 Å². The van der Waals surface area contributed by atoms with Crippen molar-refractivity contribution in [3.8, 4) is 0 Å². The lowest BCUT2D eigenvalue weighted by molar-refractivity contribution is -0.157. The van der Waals surface area contributed by atoms with Crippen LogP contribution in [0, 0.1) is 5.41 Å². The number of amides is 2. The Labute approximate surface area is 215 Å². The number of aliphatic carboxylic acids is 1. The maximum atomic E-state index is 12.9. The van der Waals surface area contributed by atoms with Crippen molar-refractivity contribution in [3.63, 3.8) is 0 Å². The molecule has 2 aliphatic rings. The van der Waals surface area contributed by atoms with Gasteiger partial charge in [-0.05, 0) is 6.92 Å². The molecule has 0 spiro atoms. The first-order valence-electron chi connectivity index (χ1n) is 10.2. The quantitative estimate of drug-likeness (QED) is 0.124. The standard InChI is InChI=1S/C17H21N9O5S4/c1-2-31-24-8(10-21-15(19)35-25-10)11(27)20-9-12(28)26-4-17(14(29)30,5-32-13(9)26)6-33-16-23-22-7(3-18)34-16/h9,13H,2-6,18H2,1H3,(H,20,27)(H,29,30)(H2,19,21,25)/t9?,13-,17?/m1/s1. The van der Waals surface area contributed by atoms with Crippen molar-refractivity contribution in [3.05, 3.63) is 10.8 Å². The number of nitrogens with one attached hydrogen (secondary N) is 1. The second kappa shape index (κ2) is 10.6. The van der Waals surface area contributed by atoms with Crippen LogP contribution in [0.5, 0.6) is 0 Å². The molecule has 3 atom stereocenters. The molecule has 14 nitrogen and oxygen atoms in total. The van der Waals surface area contributed by atoms with E-state index in [4.69, 9.17) is 16.3 Å². The van der Waals surface area contributed by atoms with Crippen molar-refractivity contribution in [1.82, 2.24) is 29.8 Å². The Morgan fingerprint density at radius 3 is 2.86 bits per heavy atom. The van der Waals surface area contributed by atoms with E-state index < -0.39 is 28.7 Å². The minimum Gasteiger partial charge on any atom is -0.481 e. The van der Waals surface area contributed by atoms with Crippen LogP contribution in [0.25, 0.3) is 0 Å². The highest BCUT2D eigenvalue weighted by molar-refractivity contribution is 8.01. The summed E-state index contributed by atoms with van der Waals surface area (Å²) in [7, 11) is 0. The van der Waals surface area contributed by atoms with Gasteiger partial charge in [-0.25, -0.2) is 0 Å². The second-order valence-electron chi connectivity index (χ2n) is 7.47. The Morgan fingerprint density at radius 2 is 2.23 bits per heavy atom. The molecule has 2 saturated heterocycles. The number of fused-ring (bicyclic) bond motifs is 1. The summed E-state index contributed by atoms with van der Waals surface area (Å²) in [6.45, 7) is 2.19. The maximum absolute atomic E-state index is 12.9. The SMILES string of the molecule is CCON=C(C(=O)NC1C(=O)N2CC(CSc3nnc(CN)s3)(C(=O)O)CS[C@H]12)c1nsc(N)n1. The summed E-state index contributed by atoms with van der Waals surface area (Å²) >= 11 is 4.79. The second-order valence-corrected chi connectivity index (χ2v) is 11.6. The molecule has 2 amide bonds. The lowest BCUT2D eigenvalue weighted by Gasteiger charge is -2.53. The number of aromatic nitrogens is 4. The van der Waals surface area contributed by atoms with Crippen molar-refractivity contribution < 1.29 is 24.3 Å². The topological polar surface area (TPSA) is 212 Å². The van der Waals surface area contributed by atoms with Gasteiger partial charge < -0.3 is 31.6 Å². The minimum atomic E-state index is -1.17. The van der Waals surface area contributed by atoms with E-state index >= 15 is 0 Å². The van der Waals surface area contributed by atoms with Gasteiger partial charge in [-0.15, -0.1) is 22.0 Å². The molecule has 2 aliphatic heterocycles. The van der Waals surface area contributed by atoms with Gasteiger partial charge in [0.1, 0.15) is 28.4 Å². The highest BCUT2D eigenvalue weighted by atomic mass is 32.2. The molecule has 6 N–H and O–H groups in total. The molecule has 35 heavy (non-hydrogen) atoms. The van der Waals surface area contributed by atoms with Crippen LogP contribution in [0.3, 0.4) is 0 Å². The van der Waals surface area contributed by atoms with Gasteiger partial charge in [-0.1, -0.05) is 28.3 Å². The largest absolute Gasteiger partial charge is 0.481 e. The van der Waals surface area contributed by atoms with Crippen molar-refractivity contribution in [2.75, 3.05) is 30.4 Å². The zero-order valence-electron chi connectivity index (χ0n) is 18.2. The number of hydrogen-bond acceptors (Lipinski definition) is 15. The number of nitrogens with two attached hydrogens (primary N) is 2. The molecule has 0 radical (unpaired) electrons. The molecule has 0 saturated carbocycles. The maximum Gasteiger partial charge on any atom is 0.313 e. The number of oxime groups is 1. The molecule has 2 aromatic rings. The molecule has 188 valence electrons. The lowest BCUT2D eigenvalue weighted by Crippen LogP contribution is -2.74. The third kappa shape index (κ3) is 5.20. The number of rotatable bonds is 10. The Bertz CT molecular complexity index is 1160. The van der Waals surface area contributed by atoms with E-state index in [9.17, 15) is 19.5 Å². The number of thioether (sulfide) groups is 2. The summed E-state index contributed by atoms with van der Waals surface area (Å²) in [6, 6.07) is -0.843. The van der Waals surface area contributed by atoms with Crippen LogP contribution in [0.2, 0.25) is 0 Å². The van der Waals surface area contributed by atoms with Gasteiger partial charge >= 0.3 is 5.97 Å². The number of carbonyl (C=O) groups is 3. The van der Waals surface area contributed by atoms with Crippen LogP contribution < -0.4 is 16.8 Å². The van der Waals surface area contributed by atoms with Gasteiger partial charge in [0, 0.05) is 36.1 Å². The van der Waals surface area contributed by atoms with Crippen molar-refractivity contribution >= 4 is 75.0 Å². The zero-order valence-corrected chi connectivity index (χ0v) is 21.5. The van der Waals surface area contributed by atoms with Crippen LogP contribution in [-0.2, 0) is 25.8 Å². The molecule has 2 fully saturated rings. The first kappa shape index (κ1) is 25.5. The highest BCUT2D eigenvalue weighted by Crippen LogP contribution is 2.44. The third-order valence-corrected chi connectivity index (χ3v) is 9.63. The van der Waals surface area contributed by atoms with Gasteiger partial charge in [0.15, 0.2) is 9.47 Å².